The summed E-state index contributed by atoms with van der Waals surface area (Å²) in [5, 5.41) is 4.04. The van der Waals surface area contributed by atoms with Gasteiger partial charge in [-0.1, -0.05) is 48.0 Å². The molecule has 3 rings (SSSR count). The summed E-state index contributed by atoms with van der Waals surface area (Å²) < 4.78 is 11.3. The van der Waals surface area contributed by atoms with Crippen LogP contribution in [0.1, 0.15) is 32.6 Å². The minimum atomic E-state index is -0.246. The molecule has 0 saturated carbocycles. The first-order valence-electron chi connectivity index (χ1n) is 9.32. The summed E-state index contributed by atoms with van der Waals surface area (Å²) in [7, 11) is 1.59. The van der Waals surface area contributed by atoms with Crippen molar-refractivity contribution in [3.8, 4) is 11.5 Å². The van der Waals surface area contributed by atoms with Crippen molar-refractivity contribution in [2.24, 2.45) is 5.10 Å². The summed E-state index contributed by atoms with van der Waals surface area (Å²) in [5.74, 6) is 1.00. The Bertz CT molecular complexity index is 1010. The van der Waals surface area contributed by atoms with Crippen LogP contribution in [-0.4, -0.2) is 19.2 Å². The maximum Gasteiger partial charge on any atom is 0.271 e. The van der Waals surface area contributed by atoms with E-state index in [-0.39, 0.29) is 5.91 Å². The number of aryl methyl sites for hydroxylation is 2. The quantitative estimate of drug-likeness (QED) is 0.473. The highest BCUT2D eigenvalue weighted by atomic mass is 16.5. The number of hydrogen-bond acceptors (Lipinski definition) is 4. The van der Waals surface area contributed by atoms with E-state index in [0.717, 1.165) is 16.7 Å². The van der Waals surface area contributed by atoms with Gasteiger partial charge in [-0.25, -0.2) is 5.43 Å². The van der Waals surface area contributed by atoms with Crippen molar-refractivity contribution in [1.29, 1.82) is 0 Å². The number of hydrogen-bond donors (Lipinski definition) is 1. The number of nitrogens with zero attached hydrogens (tertiary/aromatic N) is 1. The first kappa shape index (κ1) is 20.1. The molecule has 0 atom stereocenters. The van der Waals surface area contributed by atoms with Crippen LogP contribution < -0.4 is 14.9 Å². The maximum atomic E-state index is 12.2. The molecule has 1 amide bonds. The second-order valence-corrected chi connectivity index (χ2v) is 6.70. The number of ether oxygens (including phenoxy) is 2. The molecule has 5 nitrogen and oxygen atoms in total. The fourth-order valence-electron chi connectivity index (χ4n) is 2.78. The monoisotopic (exact) mass is 388 g/mol. The van der Waals surface area contributed by atoms with Gasteiger partial charge in [0.15, 0.2) is 11.5 Å². The SMILES string of the molecule is COc1cc(/C=N\NC(=O)c2ccccc2C)ccc1OCc1ccc(C)cc1. The van der Waals surface area contributed by atoms with Crippen molar-refractivity contribution in [2.75, 3.05) is 7.11 Å². The van der Waals surface area contributed by atoms with Gasteiger partial charge in [0.05, 0.1) is 13.3 Å². The van der Waals surface area contributed by atoms with Crippen LogP contribution in [0.25, 0.3) is 0 Å². The molecule has 0 aliphatic carbocycles. The first-order chi connectivity index (χ1) is 14.1. The van der Waals surface area contributed by atoms with Gasteiger partial charge in [-0.15, -0.1) is 0 Å². The van der Waals surface area contributed by atoms with Crippen molar-refractivity contribution >= 4 is 12.1 Å². The van der Waals surface area contributed by atoms with Crippen molar-refractivity contribution in [1.82, 2.24) is 5.43 Å². The number of methoxy groups -OCH3 is 1. The molecule has 0 fully saturated rings. The van der Waals surface area contributed by atoms with Gasteiger partial charge in [0.25, 0.3) is 5.91 Å². The lowest BCUT2D eigenvalue weighted by molar-refractivity contribution is 0.0954. The third-order valence-corrected chi connectivity index (χ3v) is 4.47. The lowest BCUT2D eigenvalue weighted by Gasteiger charge is -2.11. The third kappa shape index (κ3) is 5.45. The van der Waals surface area contributed by atoms with Gasteiger partial charge in [0.2, 0.25) is 0 Å². The zero-order chi connectivity index (χ0) is 20.6. The minimum Gasteiger partial charge on any atom is -0.493 e. The minimum absolute atomic E-state index is 0.246. The molecule has 3 aromatic rings. The highest BCUT2D eigenvalue weighted by Gasteiger charge is 2.08. The Morgan fingerprint density at radius 3 is 2.48 bits per heavy atom. The molecule has 0 radical (unpaired) electrons. The van der Waals surface area contributed by atoms with Crippen LogP contribution in [0.15, 0.2) is 71.8 Å². The van der Waals surface area contributed by atoms with Gasteiger partial charge in [-0.2, -0.15) is 5.10 Å². The standard InChI is InChI=1S/C24H24N2O3/c1-17-8-10-19(11-9-17)16-29-22-13-12-20(14-23(22)28-3)15-25-26-24(27)21-7-5-4-6-18(21)2/h4-15H,16H2,1-3H3,(H,26,27)/b25-15-. The van der Waals surface area contributed by atoms with Gasteiger partial charge < -0.3 is 9.47 Å². The molecule has 0 saturated heterocycles. The number of carbonyl (C=O) groups is 1. The largest absolute Gasteiger partial charge is 0.493 e. The average molecular weight is 388 g/mol. The summed E-state index contributed by atoms with van der Waals surface area (Å²) in [6.45, 7) is 4.40. The number of nitrogens with one attached hydrogen (secondary N) is 1. The van der Waals surface area contributed by atoms with E-state index >= 15 is 0 Å². The number of benzene rings is 3. The second-order valence-electron chi connectivity index (χ2n) is 6.70. The molecule has 0 aromatic heterocycles. The van der Waals surface area contributed by atoms with Gasteiger partial charge in [0.1, 0.15) is 6.61 Å². The van der Waals surface area contributed by atoms with Gasteiger partial charge in [-0.3, -0.25) is 4.79 Å². The molecule has 0 spiro atoms. The van der Waals surface area contributed by atoms with Crippen LogP contribution in [0.2, 0.25) is 0 Å². The first-order valence-corrected chi connectivity index (χ1v) is 9.32. The Hall–Kier alpha value is -3.60. The molecule has 3 aromatic carbocycles. The van der Waals surface area contributed by atoms with Crippen molar-refractivity contribution in [3.63, 3.8) is 0 Å². The van der Waals surface area contributed by atoms with Gasteiger partial charge >= 0.3 is 0 Å². The normalized spacial score (nSPS) is 10.7. The van der Waals surface area contributed by atoms with E-state index in [4.69, 9.17) is 9.47 Å². The van der Waals surface area contributed by atoms with E-state index < -0.39 is 0 Å². The Labute approximate surface area is 171 Å². The fraction of sp³-hybridized carbons (Fsp3) is 0.167. The topological polar surface area (TPSA) is 59.9 Å². The molecular weight excluding hydrogens is 364 g/mol. The lowest BCUT2D eigenvalue weighted by atomic mass is 10.1. The Kier molecular flexibility index (Phi) is 6.63. The van der Waals surface area contributed by atoms with Crippen molar-refractivity contribution in [2.45, 2.75) is 20.5 Å². The van der Waals surface area contributed by atoms with E-state index in [1.807, 2.05) is 55.5 Å². The number of hydrazone groups is 1. The lowest BCUT2D eigenvalue weighted by Crippen LogP contribution is -2.18. The summed E-state index contributed by atoms with van der Waals surface area (Å²) in [5.41, 5.74) is 7.13. The zero-order valence-corrected chi connectivity index (χ0v) is 16.8. The van der Waals surface area contributed by atoms with E-state index in [9.17, 15) is 4.79 Å². The molecule has 0 aliphatic rings. The van der Waals surface area contributed by atoms with Crippen molar-refractivity contribution < 1.29 is 14.3 Å². The van der Waals surface area contributed by atoms with E-state index in [1.165, 1.54) is 5.56 Å². The van der Waals surface area contributed by atoms with E-state index in [0.29, 0.717) is 23.7 Å². The summed E-state index contributed by atoms with van der Waals surface area (Å²) >= 11 is 0. The predicted octanol–water partition coefficient (Wildman–Crippen LogP) is 4.65. The maximum absolute atomic E-state index is 12.2. The third-order valence-electron chi connectivity index (χ3n) is 4.47. The van der Waals surface area contributed by atoms with Crippen LogP contribution >= 0.6 is 0 Å². The van der Waals surface area contributed by atoms with Gasteiger partial charge in [0, 0.05) is 5.56 Å². The summed E-state index contributed by atoms with van der Waals surface area (Å²) in [4.78, 5) is 12.2. The zero-order valence-electron chi connectivity index (χ0n) is 16.8. The molecule has 148 valence electrons. The predicted molar refractivity (Wildman–Crippen MR) is 115 cm³/mol. The molecule has 29 heavy (non-hydrogen) atoms. The Morgan fingerprint density at radius 1 is 1.00 bits per heavy atom. The van der Waals surface area contributed by atoms with Crippen LogP contribution in [-0.2, 0) is 6.61 Å². The second kappa shape index (κ2) is 9.55. The highest BCUT2D eigenvalue weighted by Crippen LogP contribution is 2.28. The average Bonchev–Trinajstić information content (AvgIpc) is 2.74. The fourth-order valence-corrected chi connectivity index (χ4v) is 2.78. The summed E-state index contributed by atoms with van der Waals surface area (Å²) in [6.07, 6.45) is 1.57. The number of amides is 1. The number of rotatable bonds is 7. The Balaban J connectivity index is 1.63. The van der Waals surface area contributed by atoms with Gasteiger partial charge in [-0.05, 0) is 54.8 Å². The molecule has 0 unspecified atom stereocenters. The Morgan fingerprint density at radius 2 is 1.76 bits per heavy atom. The molecule has 0 bridgehead atoms. The summed E-state index contributed by atoms with van der Waals surface area (Å²) in [6, 6.07) is 21.1. The van der Waals surface area contributed by atoms with Crippen LogP contribution in [0.4, 0.5) is 0 Å². The molecular formula is C24H24N2O3. The van der Waals surface area contributed by atoms with Crippen LogP contribution in [0.3, 0.4) is 0 Å². The smallest absolute Gasteiger partial charge is 0.271 e. The van der Waals surface area contributed by atoms with E-state index in [1.54, 1.807) is 19.4 Å². The van der Waals surface area contributed by atoms with Crippen LogP contribution in [0, 0.1) is 13.8 Å². The molecule has 5 heteroatoms. The molecule has 0 aliphatic heterocycles. The molecule has 1 N–H and O–H groups in total. The van der Waals surface area contributed by atoms with Crippen LogP contribution in [0.5, 0.6) is 11.5 Å². The molecule has 0 heterocycles. The highest BCUT2D eigenvalue weighted by molar-refractivity contribution is 5.96. The van der Waals surface area contributed by atoms with E-state index in [2.05, 4.69) is 29.6 Å². The van der Waals surface area contributed by atoms with Crippen molar-refractivity contribution in [3.05, 3.63) is 94.5 Å². The number of carbonyl (C=O) groups excluding carboxylic acids is 1.